The first-order valence-corrected chi connectivity index (χ1v) is 6.28. The maximum Gasteiger partial charge on any atom is 0.307 e. The summed E-state index contributed by atoms with van der Waals surface area (Å²) in [5, 5.41) is 9.91. The van der Waals surface area contributed by atoms with E-state index >= 15 is 0 Å². The Hall–Kier alpha value is -2.24. The van der Waals surface area contributed by atoms with Crippen LogP contribution in [0, 0.1) is 0 Å². The zero-order chi connectivity index (χ0) is 15.1. The number of aromatic hydroxyl groups is 1. The Bertz CT molecular complexity index is 486. The first-order chi connectivity index (χ1) is 9.51. The molecular formula is C14H19NO5. The molecule has 0 aromatic heterocycles. The number of ether oxygens (including phenoxy) is 2. The molecule has 110 valence electrons. The number of phenolic OH excluding ortho intramolecular Hbond substituents is 1. The first-order valence-electron chi connectivity index (χ1n) is 6.28. The van der Waals surface area contributed by atoms with Crippen molar-refractivity contribution in [3.63, 3.8) is 0 Å². The molecule has 0 unspecified atom stereocenters. The quantitative estimate of drug-likeness (QED) is 0.798. The highest BCUT2D eigenvalue weighted by Crippen LogP contribution is 2.29. The minimum Gasteiger partial charge on any atom is -0.504 e. The molecule has 0 aliphatic heterocycles. The topological polar surface area (TPSA) is 76.1 Å². The first kappa shape index (κ1) is 15.8. The van der Waals surface area contributed by atoms with Crippen molar-refractivity contribution < 1.29 is 24.2 Å². The third-order valence-corrected chi connectivity index (χ3v) is 2.75. The molecule has 0 fully saturated rings. The molecule has 1 aromatic carbocycles. The maximum absolute atomic E-state index is 12.2. The van der Waals surface area contributed by atoms with Crippen LogP contribution in [0.15, 0.2) is 18.2 Å². The van der Waals surface area contributed by atoms with E-state index < -0.39 is 0 Å². The Morgan fingerprint density at radius 1 is 1.35 bits per heavy atom. The van der Waals surface area contributed by atoms with Crippen LogP contribution in [-0.2, 0) is 9.53 Å². The molecule has 1 N–H and O–H groups in total. The number of esters is 1. The zero-order valence-corrected chi connectivity index (χ0v) is 11.9. The van der Waals surface area contributed by atoms with Crippen molar-refractivity contribution in [2.75, 3.05) is 27.3 Å². The Kier molecular flexibility index (Phi) is 5.83. The van der Waals surface area contributed by atoms with Crippen LogP contribution in [-0.4, -0.2) is 49.2 Å². The molecule has 0 saturated heterocycles. The van der Waals surface area contributed by atoms with Gasteiger partial charge in [-0.2, -0.15) is 0 Å². The number of hydrogen-bond donors (Lipinski definition) is 1. The number of phenols is 1. The molecule has 0 spiro atoms. The Morgan fingerprint density at radius 3 is 2.65 bits per heavy atom. The fourth-order valence-corrected chi connectivity index (χ4v) is 1.66. The standard InChI is InChI=1S/C14H19NO5/c1-4-20-12(16)8-9-15(2)14(18)10-6-5-7-11(19-3)13(10)17/h5-7,17H,4,8-9H2,1-3H3. The van der Waals surface area contributed by atoms with E-state index in [-0.39, 0.29) is 41.9 Å². The van der Waals surface area contributed by atoms with Crippen molar-refractivity contribution in [1.29, 1.82) is 0 Å². The van der Waals surface area contributed by atoms with Crippen molar-refractivity contribution in [1.82, 2.24) is 4.90 Å². The van der Waals surface area contributed by atoms with E-state index in [0.29, 0.717) is 6.61 Å². The van der Waals surface area contributed by atoms with E-state index in [1.807, 2.05) is 0 Å². The van der Waals surface area contributed by atoms with Gasteiger partial charge in [-0.05, 0) is 19.1 Å². The summed E-state index contributed by atoms with van der Waals surface area (Å²) in [6.45, 7) is 2.25. The van der Waals surface area contributed by atoms with E-state index in [4.69, 9.17) is 9.47 Å². The zero-order valence-electron chi connectivity index (χ0n) is 11.9. The summed E-state index contributed by atoms with van der Waals surface area (Å²) in [6.07, 6.45) is 0.112. The predicted molar refractivity (Wildman–Crippen MR) is 72.9 cm³/mol. The van der Waals surface area contributed by atoms with Crippen LogP contribution < -0.4 is 4.74 Å². The van der Waals surface area contributed by atoms with Crippen molar-refractivity contribution >= 4 is 11.9 Å². The van der Waals surface area contributed by atoms with Gasteiger partial charge in [-0.3, -0.25) is 9.59 Å². The average molecular weight is 281 g/mol. The number of nitrogens with zero attached hydrogens (tertiary/aromatic N) is 1. The number of para-hydroxylation sites is 1. The van der Waals surface area contributed by atoms with Gasteiger partial charge in [0, 0.05) is 13.6 Å². The highest BCUT2D eigenvalue weighted by molar-refractivity contribution is 5.97. The minimum atomic E-state index is -0.384. The van der Waals surface area contributed by atoms with E-state index in [2.05, 4.69) is 0 Å². The third kappa shape index (κ3) is 3.88. The van der Waals surface area contributed by atoms with Crippen LogP contribution in [0.3, 0.4) is 0 Å². The van der Waals surface area contributed by atoms with Crippen LogP contribution in [0.4, 0.5) is 0 Å². The van der Waals surface area contributed by atoms with Gasteiger partial charge in [-0.1, -0.05) is 6.07 Å². The lowest BCUT2D eigenvalue weighted by molar-refractivity contribution is -0.143. The SMILES string of the molecule is CCOC(=O)CCN(C)C(=O)c1cccc(OC)c1O. The van der Waals surface area contributed by atoms with Gasteiger partial charge in [0.15, 0.2) is 11.5 Å². The van der Waals surface area contributed by atoms with E-state index in [1.165, 1.54) is 18.1 Å². The van der Waals surface area contributed by atoms with Crippen molar-refractivity contribution in [2.24, 2.45) is 0 Å². The monoisotopic (exact) mass is 281 g/mol. The Labute approximate surface area is 117 Å². The van der Waals surface area contributed by atoms with Gasteiger partial charge in [0.05, 0.1) is 25.7 Å². The minimum absolute atomic E-state index is 0.112. The highest BCUT2D eigenvalue weighted by Gasteiger charge is 2.19. The molecule has 1 rings (SSSR count). The lowest BCUT2D eigenvalue weighted by Gasteiger charge is -2.18. The van der Waals surface area contributed by atoms with Crippen molar-refractivity contribution in [2.45, 2.75) is 13.3 Å². The molecule has 0 bridgehead atoms. The molecular weight excluding hydrogens is 262 g/mol. The second kappa shape index (κ2) is 7.37. The fraction of sp³-hybridized carbons (Fsp3) is 0.429. The van der Waals surface area contributed by atoms with Gasteiger partial charge < -0.3 is 19.5 Å². The predicted octanol–water partition coefficient (Wildman–Crippen LogP) is 1.43. The Balaban J connectivity index is 2.72. The molecule has 0 radical (unpaired) electrons. The smallest absolute Gasteiger partial charge is 0.307 e. The van der Waals surface area contributed by atoms with Crippen LogP contribution in [0.5, 0.6) is 11.5 Å². The molecule has 0 aliphatic carbocycles. The lowest BCUT2D eigenvalue weighted by Crippen LogP contribution is -2.29. The number of carbonyl (C=O) groups excluding carboxylic acids is 2. The average Bonchev–Trinajstić information content (AvgIpc) is 2.44. The number of benzene rings is 1. The summed E-state index contributed by atoms with van der Waals surface area (Å²) in [6, 6.07) is 4.68. The second-order valence-corrected chi connectivity index (χ2v) is 4.14. The summed E-state index contributed by atoms with van der Waals surface area (Å²) >= 11 is 0. The molecule has 6 nitrogen and oxygen atoms in total. The van der Waals surface area contributed by atoms with Crippen LogP contribution in [0.1, 0.15) is 23.7 Å². The van der Waals surface area contributed by atoms with E-state index in [9.17, 15) is 14.7 Å². The number of carbonyl (C=O) groups is 2. The third-order valence-electron chi connectivity index (χ3n) is 2.75. The number of rotatable bonds is 6. The van der Waals surface area contributed by atoms with Gasteiger partial charge in [0.1, 0.15) is 0 Å². The largest absolute Gasteiger partial charge is 0.504 e. The molecule has 0 aliphatic rings. The van der Waals surface area contributed by atoms with Crippen LogP contribution in [0.25, 0.3) is 0 Å². The molecule has 0 atom stereocenters. The number of amides is 1. The molecule has 1 amide bonds. The van der Waals surface area contributed by atoms with Crippen molar-refractivity contribution in [3.05, 3.63) is 23.8 Å². The van der Waals surface area contributed by atoms with E-state index in [0.717, 1.165) is 0 Å². The molecule has 20 heavy (non-hydrogen) atoms. The van der Waals surface area contributed by atoms with E-state index in [1.54, 1.807) is 26.1 Å². The molecule has 6 heteroatoms. The molecule has 1 aromatic rings. The van der Waals surface area contributed by atoms with Gasteiger partial charge >= 0.3 is 5.97 Å². The fourth-order valence-electron chi connectivity index (χ4n) is 1.66. The number of hydrogen-bond acceptors (Lipinski definition) is 5. The van der Waals surface area contributed by atoms with Gasteiger partial charge in [0.25, 0.3) is 5.91 Å². The summed E-state index contributed by atoms with van der Waals surface area (Å²) in [4.78, 5) is 24.8. The molecule has 0 heterocycles. The van der Waals surface area contributed by atoms with Gasteiger partial charge in [0.2, 0.25) is 0 Å². The highest BCUT2D eigenvalue weighted by atomic mass is 16.5. The van der Waals surface area contributed by atoms with Crippen molar-refractivity contribution in [3.8, 4) is 11.5 Å². The van der Waals surface area contributed by atoms with Crippen LogP contribution in [0.2, 0.25) is 0 Å². The summed E-state index contributed by atoms with van der Waals surface area (Å²) in [5.74, 6) is -0.717. The van der Waals surface area contributed by atoms with Gasteiger partial charge in [-0.15, -0.1) is 0 Å². The second-order valence-electron chi connectivity index (χ2n) is 4.14. The maximum atomic E-state index is 12.2. The normalized spacial score (nSPS) is 9.95. The number of methoxy groups -OCH3 is 1. The van der Waals surface area contributed by atoms with Gasteiger partial charge in [-0.25, -0.2) is 0 Å². The van der Waals surface area contributed by atoms with Crippen LogP contribution >= 0.6 is 0 Å². The molecule has 0 saturated carbocycles. The summed E-state index contributed by atoms with van der Waals surface area (Å²) in [7, 11) is 2.97. The Morgan fingerprint density at radius 2 is 2.05 bits per heavy atom. The summed E-state index contributed by atoms with van der Waals surface area (Å²) in [5.41, 5.74) is 0.135. The summed E-state index contributed by atoms with van der Waals surface area (Å²) < 4.78 is 9.74. The lowest BCUT2D eigenvalue weighted by atomic mass is 10.1.